The second-order valence-corrected chi connectivity index (χ2v) is 5.89. The van der Waals surface area contributed by atoms with Crippen LogP contribution in [-0.4, -0.2) is 47.9 Å². The fraction of sp³-hybridized carbons (Fsp3) is 0.211. The van der Waals surface area contributed by atoms with E-state index in [1.165, 1.54) is 0 Å². The molecule has 0 bridgehead atoms. The molecule has 0 spiro atoms. The van der Waals surface area contributed by atoms with Gasteiger partial charge in [-0.3, -0.25) is 9.78 Å². The highest BCUT2D eigenvalue weighted by atomic mass is 35.5. The van der Waals surface area contributed by atoms with Crippen molar-refractivity contribution in [2.45, 2.75) is 0 Å². The van der Waals surface area contributed by atoms with E-state index in [1.54, 1.807) is 7.11 Å². The van der Waals surface area contributed by atoms with Crippen LogP contribution in [0.2, 0.25) is 0 Å². The topological polar surface area (TPSA) is 54.2 Å². The van der Waals surface area contributed by atoms with Crippen molar-refractivity contribution in [3.05, 3.63) is 54.2 Å². The predicted molar refractivity (Wildman–Crippen MR) is 99.5 cm³/mol. The van der Waals surface area contributed by atoms with Gasteiger partial charge in [0.1, 0.15) is 5.75 Å². The summed E-state index contributed by atoms with van der Waals surface area (Å²) >= 11 is 0. The zero-order chi connectivity index (χ0) is 16.5. The van der Waals surface area contributed by atoms with Crippen molar-refractivity contribution in [1.29, 1.82) is 0 Å². The molecule has 0 unspecified atom stereocenters. The maximum atomic E-state index is 11.9. The van der Waals surface area contributed by atoms with Gasteiger partial charge in [-0.15, -0.1) is 12.4 Å². The van der Waals surface area contributed by atoms with Crippen molar-refractivity contribution >= 4 is 29.6 Å². The highest BCUT2D eigenvalue weighted by molar-refractivity contribution is 6.43. The first-order valence-electron chi connectivity index (χ1n) is 7.96. The average Bonchev–Trinajstić information content (AvgIpc) is 3.08. The monoisotopic (exact) mass is 356 g/mol. The van der Waals surface area contributed by atoms with E-state index in [0.717, 1.165) is 46.9 Å². The van der Waals surface area contributed by atoms with E-state index in [0.29, 0.717) is 6.54 Å². The van der Waals surface area contributed by atoms with E-state index in [9.17, 15) is 4.79 Å². The molecule has 25 heavy (non-hydrogen) atoms. The zero-order valence-corrected chi connectivity index (χ0v) is 14.7. The number of aromatic nitrogens is 1. The minimum atomic E-state index is 0. The molecule has 2 aromatic rings. The fourth-order valence-electron chi connectivity index (χ4n) is 3.12. The van der Waals surface area contributed by atoms with Crippen molar-refractivity contribution in [2.24, 2.45) is 0 Å². The van der Waals surface area contributed by atoms with Crippen LogP contribution in [-0.2, 0) is 4.79 Å². The maximum Gasteiger partial charge on any atom is 0.315 e. The average molecular weight is 357 g/mol. The first-order valence-corrected chi connectivity index (χ1v) is 7.96. The first-order chi connectivity index (χ1) is 11.7. The number of methoxy groups -OCH3 is 1. The number of halogens is 1. The highest BCUT2D eigenvalue weighted by Gasteiger charge is 2.32. The summed E-state index contributed by atoms with van der Waals surface area (Å²) in [6.07, 6.45) is 3.80. The summed E-state index contributed by atoms with van der Waals surface area (Å²) in [6, 6.07) is 11.9. The molecule has 128 valence electrons. The van der Waals surface area contributed by atoms with E-state index < -0.39 is 0 Å². The molecule has 1 amide bonds. The van der Waals surface area contributed by atoms with Crippen molar-refractivity contribution in [1.82, 2.24) is 10.3 Å². The Morgan fingerprint density at radius 1 is 1.16 bits per heavy atom. The van der Waals surface area contributed by atoms with E-state index in [2.05, 4.69) is 20.9 Å². The molecule has 2 aliphatic rings. The fourth-order valence-corrected chi connectivity index (χ4v) is 3.12. The minimum Gasteiger partial charge on any atom is -0.497 e. The first kappa shape index (κ1) is 17.2. The van der Waals surface area contributed by atoms with Crippen LogP contribution in [0.4, 0.5) is 0 Å². The summed E-state index contributed by atoms with van der Waals surface area (Å²) < 4.78 is 7.33. The van der Waals surface area contributed by atoms with Crippen LogP contribution >= 0.6 is 12.4 Å². The minimum absolute atomic E-state index is 0. The van der Waals surface area contributed by atoms with Gasteiger partial charge in [0, 0.05) is 23.4 Å². The molecule has 5 nitrogen and oxygen atoms in total. The number of hydrogen-bond acceptors (Lipinski definition) is 3. The maximum absolute atomic E-state index is 11.9. The molecule has 1 aromatic carbocycles. The number of rotatable bonds is 3. The van der Waals surface area contributed by atoms with Crippen LogP contribution in [0.3, 0.4) is 0 Å². The quantitative estimate of drug-likeness (QED) is 0.857. The van der Waals surface area contributed by atoms with E-state index in [4.69, 9.17) is 4.74 Å². The Labute approximate surface area is 152 Å². The highest BCUT2D eigenvalue weighted by Crippen LogP contribution is 2.25. The lowest BCUT2D eigenvalue weighted by Gasteiger charge is -2.09. The Balaban J connectivity index is 0.00000182. The van der Waals surface area contributed by atoms with Gasteiger partial charge in [-0.25, -0.2) is 4.58 Å². The summed E-state index contributed by atoms with van der Waals surface area (Å²) in [5, 5.41) is 2.89. The molecule has 4 rings (SSSR count). The Morgan fingerprint density at radius 2 is 1.96 bits per heavy atom. The van der Waals surface area contributed by atoms with E-state index in [-0.39, 0.29) is 18.3 Å². The second-order valence-electron chi connectivity index (χ2n) is 5.89. The van der Waals surface area contributed by atoms with Crippen LogP contribution < -0.4 is 10.1 Å². The lowest BCUT2D eigenvalue weighted by Crippen LogP contribution is -2.43. The van der Waals surface area contributed by atoms with Crippen LogP contribution in [0, 0.1) is 0 Å². The third kappa shape index (κ3) is 3.28. The number of nitrogens with one attached hydrogen (secondary N) is 1. The molecule has 0 fully saturated rings. The number of carbonyl (C=O) groups excluding carboxylic acids is 1. The van der Waals surface area contributed by atoms with Gasteiger partial charge in [0.05, 0.1) is 19.3 Å². The van der Waals surface area contributed by atoms with Gasteiger partial charge in [0.25, 0.3) is 5.71 Å². The number of nitrogens with zero attached hydrogens (tertiary/aromatic N) is 2. The third-order valence-corrected chi connectivity index (χ3v) is 4.43. The van der Waals surface area contributed by atoms with Crippen molar-refractivity contribution in [3.63, 3.8) is 0 Å². The molecule has 3 heterocycles. The van der Waals surface area contributed by atoms with Crippen LogP contribution in [0.5, 0.6) is 5.75 Å². The summed E-state index contributed by atoms with van der Waals surface area (Å²) in [5.41, 5.74) is 4.97. The van der Waals surface area contributed by atoms with Gasteiger partial charge in [0.2, 0.25) is 0 Å². The number of amides is 1. The van der Waals surface area contributed by atoms with E-state index >= 15 is 0 Å². The molecule has 0 radical (unpaired) electrons. The summed E-state index contributed by atoms with van der Waals surface area (Å²) in [5.74, 6) is 0.841. The van der Waals surface area contributed by atoms with Crippen LogP contribution in [0.1, 0.15) is 5.56 Å². The predicted octanol–water partition coefficient (Wildman–Crippen LogP) is 2.16. The van der Waals surface area contributed by atoms with E-state index in [1.807, 2.05) is 42.6 Å². The number of ether oxygens (including phenoxy) is 1. The standard InChI is InChI=1S/C19H17N3O2.ClH/c1-24-16-4-2-13(3-5-16)17-10-14(6-7-20-17)15-11-18-19(23)21-8-9-22(18)12-15;/h2-7,10-11H,8-9,12H2,1H3;1H/p+1. The molecular formula is C19H19ClN3O2+. The second kappa shape index (κ2) is 7.07. The van der Waals surface area contributed by atoms with Gasteiger partial charge in [-0.1, -0.05) is 0 Å². The molecule has 0 saturated carbocycles. The van der Waals surface area contributed by atoms with Crippen molar-refractivity contribution < 1.29 is 14.1 Å². The molecule has 1 N–H and O–H groups in total. The third-order valence-electron chi connectivity index (χ3n) is 4.43. The number of hydrogen-bond donors (Lipinski definition) is 1. The van der Waals surface area contributed by atoms with Gasteiger partial charge < -0.3 is 10.1 Å². The zero-order valence-electron chi connectivity index (χ0n) is 13.9. The van der Waals surface area contributed by atoms with Gasteiger partial charge in [-0.05, 0) is 42.0 Å². The Bertz CT molecular complexity index is 872. The van der Waals surface area contributed by atoms with Crippen molar-refractivity contribution in [2.75, 3.05) is 26.7 Å². The lowest BCUT2D eigenvalue weighted by atomic mass is 10.0. The van der Waals surface area contributed by atoms with Crippen LogP contribution in [0.25, 0.3) is 16.8 Å². The lowest BCUT2D eigenvalue weighted by molar-refractivity contribution is -0.510. The molecule has 2 aliphatic heterocycles. The Morgan fingerprint density at radius 3 is 2.68 bits per heavy atom. The summed E-state index contributed by atoms with van der Waals surface area (Å²) in [6.45, 7) is 2.34. The van der Waals surface area contributed by atoms with Gasteiger partial charge >= 0.3 is 5.91 Å². The van der Waals surface area contributed by atoms with Crippen molar-refractivity contribution in [3.8, 4) is 17.0 Å². The number of carbonyl (C=O) groups is 1. The number of benzene rings is 1. The Kier molecular flexibility index (Phi) is 4.86. The molecular weight excluding hydrogens is 338 g/mol. The Hall–Kier alpha value is -2.66. The normalized spacial score (nSPS) is 15.9. The molecule has 0 saturated heterocycles. The van der Waals surface area contributed by atoms with Gasteiger partial charge in [0.15, 0.2) is 13.1 Å². The SMILES string of the molecule is COc1ccc(-c2cc(C3=CC4=[N+](CCNC4=O)C3)ccn2)cc1.Cl. The summed E-state index contributed by atoms with van der Waals surface area (Å²) in [4.78, 5) is 16.4. The molecule has 1 aromatic heterocycles. The molecule has 0 aliphatic carbocycles. The number of pyridine rings is 1. The smallest absolute Gasteiger partial charge is 0.315 e. The largest absolute Gasteiger partial charge is 0.497 e. The summed E-state index contributed by atoms with van der Waals surface area (Å²) in [7, 11) is 1.66. The molecule has 6 heteroatoms. The van der Waals surface area contributed by atoms with Crippen LogP contribution in [0.15, 0.2) is 48.7 Å². The molecule has 0 atom stereocenters. The van der Waals surface area contributed by atoms with Gasteiger partial charge in [-0.2, -0.15) is 0 Å².